The van der Waals surface area contributed by atoms with Crippen molar-refractivity contribution in [1.82, 2.24) is 10.6 Å². The largest absolute Gasteiger partial charge is 0.357 e. The Balaban J connectivity index is 2.49. The lowest BCUT2D eigenvalue weighted by atomic mass is 10.4. The van der Waals surface area contributed by atoms with Crippen molar-refractivity contribution >= 4 is 15.8 Å². The second kappa shape index (κ2) is 8.58. The van der Waals surface area contributed by atoms with Crippen molar-refractivity contribution in [3.63, 3.8) is 0 Å². The smallest absolute Gasteiger partial charge is 0.191 e. The number of rotatable bonds is 7. The molecule has 0 bridgehead atoms. The summed E-state index contributed by atoms with van der Waals surface area (Å²) < 4.78 is 24.1. The number of hydrogen-bond acceptors (Lipinski definition) is 3. The van der Waals surface area contributed by atoms with Crippen LogP contribution < -0.4 is 10.6 Å². The quantitative estimate of drug-likeness (QED) is 0.454. The van der Waals surface area contributed by atoms with E-state index in [1.54, 1.807) is 24.3 Å². The first-order valence-corrected chi connectivity index (χ1v) is 8.55. The molecule has 0 aliphatic rings. The molecule has 0 radical (unpaired) electrons. The fourth-order valence-corrected chi connectivity index (χ4v) is 3.02. The van der Waals surface area contributed by atoms with Gasteiger partial charge in [0.05, 0.1) is 10.6 Å². The Morgan fingerprint density at radius 3 is 2.25 bits per heavy atom. The second-order valence-electron chi connectivity index (χ2n) is 4.28. The molecule has 0 unspecified atom stereocenters. The minimum absolute atomic E-state index is 0.117. The van der Waals surface area contributed by atoms with Gasteiger partial charge >= 0.3 is 0 Å². The summed E-state index contributed by atoms with van der Waals surface area (Å²) in [5.41, 5.74) is 0. The van der Waals surface area contributed by atoms with Crippen LogP contribution >= 0.6 is 0 Å². The number of benzene rings is 1. The molecule has 1 rings (SSSR count). The second-order valence-corrected chi connectivity index (χ2v) is 6.39. The number of nitrogens with one attached hydrogen (secondary N) is 2. The minimum Gasteiger partial charge on any atom is -0.357 e. The van der Waals surface area contributed by atoms with E-state index in [0.29, 0.717) is 17.9 Å². The monoisotopic (exact) mass is 297 g/mol. The molecule has 5 nitrogen and oxygen atoms in total. The lowest BCUT2D eigenvalue weighted by Crippen LogP contribution is -2.37. The van der Waals surface area contributed by atoms with Crippen LogP contribution in [0.2, 0.25) is 0 Å². The normalized spacial score (nSPS) is 10.9. The Hall–Kier alpha value is -1.56. The molecular weight excluding hydrogens is 274 g/mol. The molecule has 0 atom stereocenters. The van der Waals surface area contributed by atoms with Gasteiger partial charge in [-0.05, 0) is 32.4 Å². The molecule has 0 aliphatic carbocycles. The molecule has 20 heavy (non-hydrogen) atoms. The highest BCUT2D eigenvalue weighted by Gasteiger charge is 2.12. The zero-order chi connectivity index (χ0) is 14.8. The number of guanidine groups is 1. The molecule has 0 aliphatic heterocycles. The third-order valence-corrected chi connectivity index (χ3v) is 4.45. The maximum atomic E-state index is 12.0. The minimum atomic E-state index is -3.19. The van der Waals surface area contributed by atoms with Crippen molar-refractivity contribution < 1.29 is 8.42 Å². The van der Waals surface area contributed by atoms with E-state index in [-0.39, 0.29) is 5.75 Å². The Bertz CT molecular complexity index is 504. The van der Waals surface area contributed by atoms with Crippen LogP contribution in [0.15, 0.2) is 40.2 Å². The van der Waals surface area contributed by atoms with Gasteiger partial charge in [0.25, 0.3) is 0 Å². The van der Waals surface area contributed by atoms with Gasteiger partial charge in [-0.3, -0.25) is 4.99 Å². The summed E-state index contributed by atoms with van der Waals surface area (Å²) in [6, 6.07) is 8.53. The summed E-state index contributed by atoms with van der Waals surface area (Å²) in [4.78, 5) is 4.71. The van der Waals surface area contributed by atoms with E-state index in [9.17, 15) is 8.42 Å². The maximum Gasteiger partial charge on any atom is 0.191 e. The zero-order valence-electron chi connectivity index (χ0n) is 12.1. The van der Waals surface area contributed by atoms with Gasteiger partial charge in [-0.15, -0.1) is 0 Å². The van der Waals surface area contributed by atoms with Crippen LogP contribution in [0.25, 0.3) is 0 Å². The molecular formula is C14H23N3O2S. The van der Waals surface area contributed by atoms with Crippen LogP contribution in [-0.4, -0.2) is 39.8 Å². The van der Waals surface area contributed by atoms with Gasteiger partial charge in [-0.25, -0.2) is 8.42 Å². The number of aliphatic imine (C=N–C) groups is 1. The van der Waals surface area contributed by atoms with E-state index in [1.165, 1.54) is 0 Å². The molecule has 0 spiro atoms. The highest BCUT2D eigenvalue weighted by Crippen LogP contribution is 2.10. The van der Waals surface area contributed by atoms with Gasteiger partial charge in [0.15, 0.2) is 15.8 Å². The summed E-state index contributed by atoms with van der Waals surface area (Å²) in [5.74, 6) is 0.846. The molecule has 1 aromatic carbocycles. The third-order valence-electron chi connectivity index (χ3n) is 2.63. The molecule has 0 saturated carbocycles. The first-order chi connectivity index (χ1) is 9.60. The van der Waals surface area contributed by atoms with Crippen LogP contribution in [0, 0.1) is 0 Å². The Kier molecular flexibility index (Phi) is 7.08. The van der Waals surface area contributed by atoms with E-state index in [2.05, 4.69) is 15.6 Å². The highest BCUT2D eigenvalue weighted by molar-refractivity contribution is 7.91. The van der Waals surface area contributed by atoms with Gasteiger partial charge in [0.1, 0.15) is 0 Å². The van der Waals surface area contributed by atoms with E-state index in [1.807, 2.05) is 19.9 Å². The van der Waals surface area contributed by atoms with Gasteiger partial charge in [-0.1, -0.05) is 18.2 Å². The maximum absolute atomic E-state index is 12.0. The molecule has 1 aromatic rings. The lowest BCUT2D eigenvalue weighted by Gasteiger charge is -2.09. The Morgan fingerprint density at radius 1 is 1.10 bits per heavy atom. The molecule has 0 amide bonds. The van der Waals surface area contributed by atoms with Gasteiger partial charge in [-0.2, -0.15) is 0 Å². The molecule has 2 N–H and O–H groups in total. The van der Waals surface area contributed by atoms with Crippen molar-refractivity contribution in [1.29, 1.82) is 0 Å². The summed E-state index contributed by atoms with van der Waals surface area (Å²) in [7, 11) is -3.19. The molecule has 0 saturated heterocycles. The first-order valence-electron chi connectivity index (χ1n) is 6.90. The highest BCUT2D eigenvalue weighted by atomic mass is 32.2. The van der Waals surface area contributed by atoms with Crippen molar-refractivity contribution in [3.8, 4) is 0 Å². The van der Waals surface area contributed by atoms with Crippen molar-refractivity contribution in [2.24, 2.45) is 4.99 Å². The SMILES string of the molecule is CCNC(=NCCCS(=O)(=O)c1ccccc1)NCC. The molecule has 112 valence electrons. The van der Waals surface area contributed by atoms with Gasteiger partial charge in [0.2, 0.25) is 0 Å². The van der Waals surface area contributed by atoms with E-state index < -0.39 is 9.84 Å². The van der Waals surface area contributed by atoms with Gasteiger partial charge < -0.3 is 10.6 Å². The standard InChI is InChI=1S/C14H23N3O2S/c1-3-15-14(16-4-2)17-11-8-12-20(18,19)13-9-6-5-7-10-13/h5-7,9-10H,3-4,8,11-12H2,1-2H3,(H2,15,16,17). The average Bonchev–Trinajstić information content (AvgIpc) is 2.45. The van der Waals surface area contributed by atoms with Crippen molar-refractivity contribution in [3.05, 3.63) is 30.3 Å². The summed E-state index contributed by atoms with van der Waals surface area (Å²) >= 11 is 0. The topological polar surface area (TPSA) is 70.6 Å². The van der Waals surface area contributed by atoms with Crippen molar-refractivity contribution in [2.75, 3.05) is 25.4 Å². The van der Waals surface area contributed by atoms with E-state index in [4.69, 9.17) is 0 Å². The number of sulfone groups is 1. The molecule has 0 heterocycles. The Morgan fingerprint density at radius 2 is 1.70 bits per heavy atom. The zero-order valence-corrected chi connectivity index (χ0v) is 12.9. The van der Waals surface area contributed by atoms with Crippen LogP contribution in [-0.2, 0) is 9.84 Å². The summed E-state index contributed by atoms with van der Waals surface area (Å²) in [6.07, 6.45) is 0.511. The number of hydrogen-bond donors (Lipinski definition) is 2. The first kappa shape index (κ1) is 16.5. The fraction of sp³-hybridized carbons (Fsp3) is 0.500. The summed E-state index contributed by atoms with van der Waals surface area (Å²) in [6.45, 7) is 6.04. The predicted molar refractivity (Wildman–Crippen MR) is 82.8 cm³/mol. The van der Waals surface area contributed by atoms with Crippen molar-refractivity contribution in [2.45, 2.75) is 25.2 Å². The molecule has 0 aromatic heterocycles. The molecule has 0 fully saturated rings. The lowest BCUT2D eigenvalue weighted by molar-refractivity contribution is 0.593. The van der Waals surface area contributed by atoms with Crippen LogP contribution in [0.3, 0.4) is 0 Å². The predicted octanol–water partition coefficient (Wildman–Crippen LogP) is 1.43. The summed E-state index contributed by atoms with van der Waals surface area (Å²) in [5, 5.41) is 6.20. The van der Waals surface area contributed by atoms with Crippen LogP contribution in [0.5, 0.6) is 0 Å². The average molecular weight is 297 g/mol. The number of nitrogens with zero attached hydrogens (tertiary/aromatic N) is 1. The fourth-order valence-electron chi connectivity index (χ4n) is 1.70. The third kappa shape index (κ3) is 5.61. The van der Waals surface area contributed by atoms with E-state index >= 15 is 0 Å². The van der Waals surface area contributed by atoms with Crippen LogP contribution in [0.4, 0.5) is 0 Å². The molecule has 6 heteroatoms. The van der Waals surface area contributed by atoms with Gasteiger partial charge in [0, 0.05) is 19.6 Å². The van der Waals surface area contributed by atoms with E-state index in [0.717, 1.165) is 19.0 Å². The Labute approximate surface area is 121 Å². The van der Waals surface area contributed by atoms with Crippen LogP contribution in [0.1, 0.15) is 20.3 Å².